The van der Waals surface area contributed by atoms with Gasteiger partial charge in [-0.25, -0.2) is 0 Å². The summed E-state index contributed by atoms with van der Waals surface area (Å²) in [6.07, 6.45) is 3.65. The lowest BCUT2D eigenvalue weighted by molar-refractivity contribution is -0.120. The van der Waals surface area contributed by atoms with Crippen molar-refractivity contribution < 1.29 is 4.79 Å². The summed E-state index contributed by atoms with van der Waals surface area (Å²) in [5.74, 6) is -0.00842. The minimum atomic E-state index is -0.0157. The van der Waals surface area contributed by atoms with Gasteiger partial charge in [0.15, 0.2) is 0 Å². The van der Waals surface area contributed by atoms with Crippen molar-refractivity contribution >= 4 is 22.2 Å². The summed E-state index contributed by atoms with van der Waals surface area (Å²) in [4.78, 5) is 13.3. The van der Waals surface area contributed by atoms with Crippen molar-refractivity contribution in [3.63, 3.8) is 0 Å². The van der Waals surface area contributed by atoms with Crippen LogP contribution in [0.5, 0.6) is 0 Å². The molecule has 0 spiro atoms. The smallest absolute Gasteiger partial charge is 0.228 e. The lowest BCUT2D eigenvalue weighted by Crippen LogP contribution is -2.34. The predicted molar refractivity (Wildman–Crippen MR) is 77.1 cm³/mol. The summed E-state index contributed by atoms with van der Waals surface area (Å²) in [5, 5.41) is 12.8. The second-order valence-electron chi connectivity index (χ2n) is 5.21. The van der Waals surface area contributed by atoms with Crippen LogP contribution < -0.4 is 11.1 Å². The maximum absolute atomic E-state index is 12.2. The molecule has 0 saturated heterocycles. The maximum Gasteiger partial charge on any atom is 0.228 e. The number of hydrogen-bond acceptors (Lipinski definition) is 4. The van der Waals surface area contributed by atoms with E-state index in [1.807, 2.05) is 13.8 Å². The van der Waals surface area contributed by atoms with E-state index in [1.54, 1.807) is 0 Å². The van der Waals surface area contributed by atoms with Crippen LogP contribution in [0.2, 0.25) is 0 Å². The highest BCUT2D eigenvalue weighted by atomic mass is 32.1. The van der Waals surface area contributed by atoms with E-state index in [0.29, 0.717) is 10.6 Å². The van der Waals surface area contributed by atoms with Crippen molar-refractivity contribution in [1.82, 2.24) is 0 Å². The molecule has 1 fully saturated rings. The molecule has 1 amide bonds. The number of carbonyl (C=O) groups is 1. The molecule has 102 valence electrons. The highest BCUT2D eigenvalue weighted by Gasteiger charge is 2.26. The van der Waals surface area contributed by atoms with Crippen LogP contribution in [0.15, 0.2) is 0 Å². The lowest BCUT2D eigenvalue weighted by atomic mass is 9.85. The molecule has 1 saturated carbocycles. The summed E-state index contributed by atoms with van der Waals surface area (Å²) in [6, 6.07) is 2.30. The second kappa shape index (κ2) is 5.72. The van der Waals surface area contributed by atoms with E-state index in [1.165, 1.54) is 11.3 Å². The number of rotatable bonds is 2. The van der Waals surface area contributed by atoms with Gasteiger partial charge in [-0.15, -0.1) is 11.3 Å². The first-order valence-electron chi connectivity index (χ1n) is 6.59. The fourth-order valence-corrected chi connectivity index (χ4v) is 3.54. The standard InChI is InChI=1S/C14H19N3OS/c1-8-9(2)19-14(12(8)7-15)17-13(18)10-4-3-5-11(16)6-10/h10-11H,3-6,16H2,1-2H3,(H,17,18). The molecule has 1 aliphatic rings. The van der Waals surface area contributed by atoms with Gasteiger partial charge in [-0.3, -0.25) is 4.79 Å². The summed E-state index contributed by atoms with van der Waals surface area (Å²) in [5.41, 5.74) is 7.47. The minimum Gasteiger partial charge on any atom is -0.328 e. The molecule has 3 N–H and O–H groups in total. The zero-order valence-electron chi connectivity index (χ0n) is 11.3. The molecule has 5 heteroatoms. The van der Waals surface area contributed by atoms with E-state index >= 15 is 0 Å². The number of carbonyl (C=O) groups excluding carboxylic acids is 1. The molecule has 0 aromatic carbocycles. The Morgan fingerprint density at radius 1 is 1.47 bits per heavy atom. The number of nitrogens with zero attached hydrogens (tertiary/aromatic N) is 1. The third-order valence-corrected chi connectivity index (χ3v) is 4.94. The van der Waals surface area contributed by atoms with Gasteiger partial charge in [-0.2, -0.15) is 5.26 Å². The summed E-state index contributed by atoms with van der Waals surface area (Å²) < 4.78 is 0. The highest BCUT2D eigenvalue weighted by Crippen LogP contribution is 2.33. The van der Waals surface area contributed by atoms with E-state index < -0.39 is 0 Å². The largest absolute Gasteiger partial charge is 0.328 e. The van der Waals surface area contributed by atoms with E-state index in [9.17, 15) is 4.79 Å². The Morgan fingerprint density at radius 2 is 2.21 bits per heavy atom. The van der Waals surface area contributed by atoms with Crippen LogP contribution in [-0.4, -0.2) is 11.9 Å². The minimum absolute atomic E-state index is 0.00731. The summed E-state index contributed by atoms with van der Waals surface area (Å²) in [7, 11) is 0. The Kier molecular flexibility index (Phi) is 4.23. The topological polar surface area (TPSA) is 78.9 Å². The molecule has 2 rings (SSSR count). The zero-order valence-corrected chi connectivity index (χ0v) is 12.1. The highest BCUT2D eigenvalue weighted by molar-refractivity contribution is 7.16. The average Bonchev–Trinajstić information content (AvgIpc) is 2.64. The quantitative estimate of drug-likeness (QED) is 0.872. The lowest BCUT2D eigenvalue weighted by Gasteiger charge is -2.25. The van der Waals surface area contributed by atoms with Gasteiger partial charge >= 0.3 is 0 Å². The van der Waals surface area contributed by atoms with E-state index in [-0.39, 0.29) is 17.9 Å². The summed E-state index contributed by atoms with van der Waals surface area (Å²) >= 11 is 1.47. The van der Waals surface area contributed by atoms with Gasteiger partial charge in [0.1, 0.15) is 11.1 Å². The van der Waals surface area contributed by atoms with Crippen LogP contribution in [0.25, 0.3) is 0 Å². The van der Waals surface area contributed by atoms with Crippen LogP contribution >= 0.6 is 11.3 Å². The number of nitriles is 1. The van der Waals surface area contributed by atoms with E-state index in [0.717, 1.165) is 36.1 Å². The van der Waals surface area contributed by atoms with Crippen molar-refractivity contribution in [3.8, 4) is 6.07 Å². The second-order valence-corrected chi connectivity index (χ2v) is 6.44. The van der Waals surface area contributed by atoms with Gasteiger partial charge < -0.3 is 11.1 Å². The van der Waals surface area contributed by atoms with Crippen molar-refractivity contribution in [2.24, 2.45) is 11.7 Å². The van der Waals surface area contributed by atoms with Crippen LogP contribution in [-0.2, 0) is 4.79 Å². The average molecular weight is 277 g/mol. The Bertz CT molecular complexity index is 530. The third-order valence-electron chi connectivity index (χ3n) is 3.82. The molecular formula is C14H19N3OS. The van der Waals surface area contributed by atoms with E-state index in [2.05, 4.69) is 11.4 Å². The van der Waals surface area contributed by atoms with Gasteiger partial charge in [-0.05, 0) is 38.7 Å². The summed E-state index contributed by atoms with van der Waals surface area (Å²) in [6.45, 7) is 3.88. The van der Waals surface area contributed by atoms with Crippen molar-refractivity contribution in [1.29, 1.82) is 5.26 Å². The van der Waals surface area contributed by atoms with Gasteiger partial charge in [-0.1, -0.05) is 6.42 Å². The molecular weight excluding hydrogens is 258 g/mol. The molecule has 4 nitrogen and oxygen atoms in total. The first kappa shape index (κ1) is 14.0. The zero-order chi connectivity index (χ0) is 14.0. The number of thiophene rings is 1. The van der Waals surface area contributed by atoms with Gasteiger partial charge in [0.25, 0.3) is 0 Å². The molecule has 2 unspecified atom stereocenters. The molecule has 1 aromatic rings. The van der Waals surface area contributed by atoms with Crippen LogP contribution in [0.1, 0.15) is 41.7 Å². The molecule has 1 aliphatic carbocycles. The van der Waals surface area contributed by atoms with Crippen LogP contribution in [0.3, 0.4) is 0 Å². The normalized spacial score (nSPS) is 22.8. The van der Waals surface area contributed by atoms with Crippen molar-refractivity contribution in [2.75, 3.05) is 5.32 Å². The van der Waals surface area contributed by atoms with Crippen molar-refractivity contribution in [3.05, 3.63) is 16.0 Å². The molecule has 1 heterocycles. The van der Waals surface area contributed by atoms with Crippen LogP contribution in [0.4, 0.5) is 5.00 Å². The molecule has 2 atom stereocenters. The SMILES string of the molecule is Cc1sc(NC(=O)C2CCCC(N)C2)c(C#N)c1C. The Balaban J connectivity index is 2.11. The Labute approximate surface area is 117 Å². The number of nitrogens with two attached hydrogens (primary N) is 1. The van der Waals surface area contributed by atoms with Gasteiger partial charge in [0.05, 0.1) is 5.56 Å². The fraction of sp³-hybridized carbons (Fsp3) is 0.571. The third kappa shape index (κ3) is 2.96. The van der Waals surface area contributed by atoms with Gasteiger partial charge in [0, 0.05) is 16.8 Å². The Hall–Kier alpha value is -1.38. The molecule has 0 bridgehead atoms. The Morgan fingerprint density at radius 3 is 2.84 bits per heavy atom. The number of nitrogens with one attached hydrogen (secondary N) is 1. The molecule has 0 radical (unpaired) electrons. The van der Waals surface area contributed by atoms with Crippen LogP contribution in [0, 0.1) is 31.1 Å². The molecule has 1 aromatic heterocycles. The van der Waals surface area contributed by atoms with E-state index in [4.69, 9.17) is 11.0 Å². The molecule has 0 aliphatic heterocycles. The monoisotopic (exact) mass is 277 g/mol. The number of amides is 1. The van der Waals surface area contributed by atoms with Crippen molar-refractivity contribution in [2.45, 2.75) is 45.6 Å². The maximum atomic E-state index is 12.2. The first-order valence-corrected chi connectivity index (χ1v) is 7.41. The fourth-order valence-electron chi connectivity index (χ4n) is 2.53. The number of aryl methyl sites for hydroxylation is 1. The number of anilines is 1. The number of hydrogen-bond donors (Lipinski definition) is 2. The molecule has 19 heavy (non-hydrogen) atoms. The van der Waals surface area contributed by atoms with Gasteiger partial charge in [0.2, 0.25) is 5.91 Å². The first-order chi connectivity index (χ1) is 9.02. The predicted octanol–water partition coefficient (Wildman–Crippen LogP) is 2.69.